The van der Waals surface area contributed by atoms with E-state index in [0.717, 1.165) is 25.9 Å². The minimum atomic E-state index is -3.08. The van der Waals surface area contributed by atoms with Gasteiger partial charge in [0.2, 0.25) is 0 Å². The smallest absolute Gasteiger partial charge is 0.414 e. The molecule has 2 atom stereocenters. The van der Waals surface area contributed by atoms with Crippen LogP contribution in [-0.2, 0) is 22.4 Å². The lowest BCUT2D eigenvalue weighted by Crippen LogP contribution is -2.53. The SMILES string of the molecule is COc1cc([C@H](Cc2c(Cl)c[nH+]cc2Cl)OC(=O)c2cccc(CN(C(=O)O[C@H]3CN4CCC3CC4)c3cccc(F)c3)c2)ccc1OC(F)F.[OH-]. The number of H-pyrrole nitrogens is 1. The van der Waals surface area contributed by atoms with Crippen LogP contribution in [0.15, 0.2) is 79.1 Å². The number of aromatic amines is 1. The van der Waals surface area contributed by atoms with Gasteiger partial charge < -0.3 is 24.4 Å². The van der Waals surface area contributed by atoms with Gasteiger partial charge in [0.05, 0.1) is 24.9 Å². The molecule has 0 aliphatic carbocycles. The van der Waals surface area contributed by atoms with E-state index in [1.165, 1.54) is 60.8 Å². The predicted molar refractivity (Wildman–Crippen MR) is 185 cm³/mol. The molecule has 276 valence electrons. The Morgan fingerprint density at radius 2 is 1.71 bits per heavy atom. The molecule has 52 heavy (non-hydrogen) atoms. The Morgan fingerprint density at radius 1 is 0.981 bits per heavy atom. The fourth-order valence-corrected chi connectivity index (χ4v) is 7.01. The minimum Gasteiger partial charge on any atom is -0.870 e. The minimum absolute atomic E-state index is 0. The van der Waals surface area contributed by atoms with E-state index in [0.29, 0.717) is 28.9 Å². The Hall–Kier alpha value is -4.56. The standard InChI is InChI=1S/C37H34Cl2F3N3O6.H2O/c1-48-33-15-24(8-9-31(33)50-36(41)42)32(17-28-29(38)18-43-19-30(28)39)49-35(46)25-5-2-4-22(14-25)20-45(27-7-3-6-26(40)16-27)37(47)51-34-21-44-12-10-23(34)11-13-44;/h2-9,14-16,18-19,23,32,34,36H,10-13,17,20-21H2,1H3;1H2/t32-,34-;/m0./s1. The first-order valence-electron chi connectivity index (χ1n) is 16.3. The van der Waals surface area contributed by atoms with E-state index in [1.54, 1.807) is 30.3 Å². The Labute approximate surface area is 308 Å². The highest BCUT2D eigenvalue weighted by Crippen LogP contribution is 2.36. The summed E-state index contributed by atoms with van der Waals surface area (Å²) in [4.78, 5) is 33.9. The average molecular weight is 763 g/mol. The van der Waals surface area contributed by atoms with Crippen molar-refractivity contribution >= 4 is 41.0 Å². The van der Waals surface area contributed by atoms with E-state index < -0.39 is 30.6 Å². The third-order valence-corrected chi connectivity index (χ3v) is 9.78. The summed E-state index contributed by atoms with van der Waals surface area (Å²) in [5, 5.41) is 0.579. The first-order chi connectivity index (χ1) is 24.6. The first-order valence-corrected chi connectivity index (χ1v) is 17.1. The number of nitrogens with one attached hydrogen (secondary N) is 1. The molecule has 4 heterocycles. The van der Waals surface area contributed by atoms with Crippen molar-refractivity contribution in [1.82, 2.24) is 4.90 Å². The van der Waals surface area contributed by atoms with Crippen LogP contribution in [-0.4, -0.2) is 61.9 Å². The van der Waals surface area contributed by atoms with Gasteiger partial charge in [-0.1, -0.05) is 47.5 Å². The van der Waals surface area contributed by atoms with Gasteiger partial charge in [-0.15, -0.1) is 0 Å². The van der Waals surface area contributed by atoms with Crippen molar-refractivity contribution in [2.24, 2.45) is 5.92 Å². The summed E-state index contributed by atoms with van der Waals surface area (Å²) >= 11 is 12.9. The third-order valence-electron chi connectivity index (χ3n) is 9.10. The second kappa shape index (κ2) is 17.3. The van der Waals surface area contributed by atoms with E-state index in [1.807, 2.05) is 0 Å². The molecule has 3 aliphatic rings. The zero-order chi connectivity index (χ0) is 36.1. The van der Waals surface area contributed by atoms with E-state index in [4.69, 9.17) is 37.4 Å². The molecule has 0 radical (unpaired) electrons. The number of hydrogen-bond acceptors (Lipinski definition) is 8. The zero-order valence-corrected chi connectivity index (χ0v) is 29.5. The monoisotopic (exact) mass is 761 g/mol. The first kappa shape index (κ1) is 38.7. The van der Waals surface area contributed by atoms with Crippen molar-refractivity contribution in [3.05, 3.63) is 117 Å². The predicted octanol–water partition coefficient (Wildman–Crippen LogP) is 7.76. The van der Waals surface area contributed by atoms with Crippen molar-refractivity contribution < 1.29 is 52.2 Å². The highest BCUT2D eigenvalue weighted by molar-refractivity contribution is 6.35. The Morgan fingerprint density at radius 3 is 2.37 bits per heavy atom. The van der Waals surface area contributed by atoms with E-state index in [9.17, 15) is 22.8 Å². The number of methoxy groups -OCH3 is 1. The number of anilines is 1. The summed E-state index contributed by atoms with van der Waals surface area (Å²) in [5.74, 6) is -1.17. The molecule has 0 saturated carbocycles. The number of benzene rings is 3. The van der Waals surface area contributed by atoms with Gasteiger partial charge >= 0.3 is 18.7 Å². The normalized spacial score (nSPS) is 18.2. The maximum Gasteiger partial charge on any atom is 0.414 e. The van der Waals surface area contributed by atoms with Crippen molar-refractivity contribution in [2.75, 3.05) is 31.6 Å². The van der Waals surface area contributed by atoms with Gasteiger partial charge in [-0.25, -0.2) is 19.0 Å². The van der Waals surface area contributed by atoms with Gasteiger partial charge in [-0.05, 0) is 85.4 Å². The Bertz CT molecular complexity index is 1860. The highest BCUT2D eigenvalue weighted by atomic mass is 35.5. The lowest BCUT2D eigenvalue weighted by molar-refractivity contribution is -0.377. The van der Waals surface area contributed by atoms with Crippen LogP contribution in [0.1, 0.15) is 46.0 Å². The van der Waals surface area contributed by atoms with Crippen molar-refractivity contribution in [3.63, 3.8) is 0 Å². The number of nitrogens with zero attached hydrogens (tertiary/aromatic N) is 2. The molecule has 10 nitrogen and oxygen atoms in total. The third kappa shape index (κ3) is 9.26. The number of pyridine rings is 1. The van der Waals surface area contributed by atoms with Crippen LogP contribution in [0.4, 0.5) is 23.7 Å². The molecule has 1 aromatic heterocycles. The van der Waals surface area contributed by atoms with E-state index in [-0.39, 0.29) is 57.6 Å². The molecule has 0 spiro atoms. The lowest BCUT2D eigenvalue weighted by Gasteiger charge is -2.44. The number of carbonyl (C=O) groups is 2. The summed E-state index contributed by atoms with van der Waals surface area (Å²) in [5.41, 5.74) is 1.88. The largest absolute Gasteiger partial charge is 0.870 e. The summed E-state index contributed by atoms with van der Waals surface area (Å²) in [6.07, 6.45) is 3.08. The number of piperidine rings is 3. The molecule has 0 unspecified atom stereocenters. The zero-order valence-electron chi connectivity index (χ0n) is 27.9. The lowest BCUT2D eigenvalue weighted by atomic mass is 9.86. The number of carbonyl (C=O) groups excluding carboxylic acids is 2. The van der Waals surface area contributed by atoms with E-state index >= 15 is 0 Å². The molecule has 2 N–H and O–H groups in total. The number of aromatic nitrogens is 1. The topological polar surface area (TPSA) is 122 Å². The van der Waals surface area contributed by atoms with Crippen LogP contribution in [0.3, 0.4) is 0 Å². The molecule has 15 heteroatoms. The van der Waals surface area contributed by atoms with Gasteiger partial charge in [0.25, 0.3) is 0 Å². The molecule has 1 amide bonds. The van der Waals surface area contributed by atoms with E-state index in [2.05, 4.69) is 14.6 Å². The van der Waals surface area contributed by atoms with Crippen molar-refractivity contribution in [3.8, 4) is 11.5 Å². The molecular formula is C37H36Cl2F3N3O7. The quantitative estimate of drug-likeness (QED) is 0.134. The fourth-order valence-electron chi connectivity index (χ4n) is 6.48. The second-order valence-electron chi connectivity index (χ2n) is 12.3. The van der Waals surface area contributed by atoms with Crippen LogP contribution >= 0.6 is 23.2 Å². The summed E-state index contributed by atoms with van der Waals surface area (Å²) < 4.78 is 62.3. The number of ether oxygens (including phenoxy) is 4. The fraction of sp³-hybridized carbons (Fsp3) is 0.324. The molecular weight excluding hydrogens is 726 g/mol. The molecule has 3 aromatic carbocycles. The number of halogens is 5. The van der Waals surface area contributed by atoms with Gasteiger partial charge in [0.15, 0.2) is 23.9 Å². The molecule has 2 bridgehead atoms. The number of hydrogen-bond donors (Lipinski definition) is 0. The molecule has 4 aromatic rings. The number of fused-ring (bicyclic) bond motifs is 3. The van der Waals surface area contributed by atoms with Crippen LogP contribution in [0, 0.1) is 11.7 Å². The number of amides is 1. The number of esters is 1. The summed E-state index contributed by atoms with van der Waals surface area (Å²) in [6, 6.07) is 16.4. The van der Waals surface area contributed by atoms with Crippen LogP contribution in [0.5, 0.6) is 11.5 Å². The van der Waals surface area contributed by atoms with Crippen LogP contribution in [0.25, 0.3) is 0 Å². The average Bonchev–Trinajstić information content (AvgIpc) is 3.12. The molecule has 3 aliphatic heterocycles. The maximum atomic E-state index is 14.4. The van der Waals surface area contributed by atoms with Gasteiger partial charge in [-0.3, -0.25) is 9.80 Å². The highest BCUT2D eigenvalue weighted by Gasteiger charge is 2.37. The van der Waals surface area contributed by atoms with Crippen molar-refractivity contribution in [2.45, 2.75) is 44.6 Å². The Kier molecular flexibility index (Phi) is 12.9. The summed E-state index contributed by atoms with van der Waals surface area (Å²) in [6.45, 7) is -0.495. The van der Waals surface area contributed by atoms with Crippen LogP contribution in [0.2, 0.25) is 10.0 Å². The number of alkyl halides is 2. The number of rotatable bonds is 12. The Balaban J connectivity index is 0.00000523. The van der Waals surface area contributed by atoms with Gasteiger partial charge in [0.1, 0.15) is 28.1 Å². The molecule has 3 fully saturated rings. The molecule has 3 saturated heterocycles. The molecule has 7 rings (SSSR count). The van der Waals surface area contributed by atoms with Gasteiger partial charge in [0, 0.05) is 18.5 Å². The van der Waals surface area contributed by atoms with Crippen molar-refractivity contribution in [1.29, 1.82) is 0 Å². The van der Waals surface area contributed by atoms with Gasteiger partial charge in [-0.2, -0.15) is 8.78 Å². The second-order valence-corrected chi connectivity index (χ2v) is 13.2. The van der Waals surface area contributed by atoms with Crippen LogP contribution < -0.4 is 19.4 Å². The summed E-state index contributed by atoms with van der Waals surface area (Å²) in [7, 11) is 1.30. The maximum absolute atomic E-state index is 14.4.